The van der Waals surface area contributed by atoms with Gasteiger partial charge in [0.1, 0.15) is 5.75 Å². The summed E-state index contributed by atoms with van der Waals surface area (Å²) in [5.41, 5.74) is 8.83. The third kappa shape index (κ3) is 4.23. The topological polar surface area (TPSA) is 38.5 Å². The highest BCUT2D eigenvalue weighted by atomic mass is 16.5. The van der Waals surface area contributed by atoms with E-state index in [1.54, 1.807) is 0 Å². The summed E-state index contributed by atoms with van der Waals surface area (Å²) in [7, 11) is 0. The molecule has 4 rings (SSSR count). The Hall–Kier alpha value is -1.84. The maximum Gasteiger partial charge on any atom is 0.119 e. The molecule has 1 heterocycles. The molecular formula is C22H28N2O. The fourth-order valence-corrected chi connectivity index (χ4v) is 3.85. The minimum atomic E-state index is 0.545. The van der Waals surface area contributed by atoms with E-state index < -0.39 is 0 Å². The fraction of sp³-hybridized carbons (Fsp3) is 0.455. The average molecular weight is 336 g/mol. The molecule has 0 radical (unpaired) electrons. The molecule has 2 atom stereocenters. The van der Waals surface area contributed by atoms with Gasteiger partial charge in [-0.15, -0.1) is 0 Å². The highest BCUT2D eigenvalue weighted by Gasteiger charge is 2.32. The van der Waals surface area contributed by atoms with Crippen LogP contribution in [0.4, 0.5) is 0 Å². The molecule has 132 valence electrons. The van der Waals surface area contributed by atoms with Gasteiger partial charge in [-0.2, -0.15) is 0 Å². The first-order valence-electron chi connectivity index (χ1n) is 9.51. The highest BCUT2D eigenvalue weighted by molar-refractivity contribution is 5.28. The summed E-state index contributed by atoms with van der Waals surface area (Å²) < 4.78 is 5.83. The van der Waals surface area contributed by atoms with Gasteiger partial charge in [0.15, 0.2) is 0 Å². The zero-order valence-corrected chi connectivity index (χ0v) is 14.8. The van der Waals surface area contributed by atoms with Gasteiger partial charge in [0.2, 0.25) is 0 Å². The second kappa shape index (κ2) is 7.59. The molecule has 0 amide bonds. The summed E-state index contributed by atoms with van der Waals surface area (Å²) in [6, 6.07) is 19.5. The summed E-state index contributed by atoms with van der Waals surface area (Å²) in [4.78, 5) is 2.54. The monoisotopic (exact) mass is 336 g/mol. The summed E-state index contributed by atoms with van der Waals surface area (Å²) >= 11 is 0. The molecule has 2 aliphatic rings. The van der Waals surface area contributed by atoms with Crippen molar-refractivity contribution in [1.29, 1.82) is 0 Å². The first-order valence-corrected chi connectivity index (χ1v) is 9.51. The minimum absolute atomic E-state index is 0.545. The van der Waals surface area contributed by atoms with Crippen LogP contribution in [0.2, 0.25) is 0 Å². The van der Waals surface area contributed by atoms with Crippen molar-refractivity contribution in [1.82, 2.24) is 4.90 Å². The number of nitrogens with two attached hydrogens (primary N) is 1. The van der Waals surface area contributed by atoms with Crippen molar-refractivity contribution in [2.45, 2.75) is 25.3 Å². The van der Waals surface area contributed by atoms with Crippen LogP contribution in [0.25, 0.3) is 0 Å². The number of ether oxygens (including phenoxy) is 1. The van der Waals surface area contributed by atoms with E-state index in [1.165, 1.54) is 24.0 Å². The predicted molar refractivity (Wildman–Crippen MR) is 102 cm³/mol. The lowest BCUT2D eigenvalue weighted by Gasteiger charge is -2.17. The molecule has 1 saturated heterocycles. The van der Waals surface area contributed by atoms with Gasteiger partial charge in [0.25, 0.3) is 0 Å². The van der Waals surface area contributed by atoms with Crippen LogP contribution < -0.4 is 10.5 Å². The fourth-order valence-electron chi connectivity index (χ4n) is 3.85. The molecule has 1 aliphatic carbocycles. The van der Waals surface area contributed by atoms with Crippen molar-refractivity contribution in [2.75, 3.05) is 26.2 Å². The van der Waals surface area contributed by atoms with E-state index in [0.717, 1.165) is 44.5 Å². The van der Waals surface area contributed by atoms with Crippen LogP contribution >= 0.6 is 0 Å². The molecule has 1 saturated carbocycles. The van der Waals surface area contributed by atoms with Crippen molar-refractivity contribution in [3.63, 3.8) is 0 Å². The van der Waals surface area contributed by atoms with Crippen molar-refractivity contribution in [2.24, 2.45) is 17.6 Å². The molecule has 0 unspecified atom stereocenters. The first kappa shape index (κ1) is 16.6. The lowest BCUT2D eigenvalue weighted by Crippen LogP contribution is -2.23. The molecule has 2 aromatic carbocycles. The second-order valence-electron chi connectivity index (χ2n) is 7.61. The third-order valence-electron chi connectivity index (χ3n) is 5.56. The van der Waals surface area contributed by atoms with Crippen molar-refractivity contribution >= 4 is 0 Å². The van der Waals surface area contributed by atoms with Gasteiger partial charge >= 0.3 is 0 Å². The Balaban J connectivity index is 1.35. The van der Waals surface area contributed by atoms with E-state index in [1.807, 2.05) is 0 Å². The van der Waals surface area contributed by atoms with Gasteiger partial charge in [-0.05, 0) is 54.5 Å². The van der Waals surface area contributed by atoms with Gasteiger partial charge in [-0.1, -0.05) is 42.5 Å². The van der Waals surface area contributed by atoms with Gasteiger partial charge in [0.05, 0.1) is 6.61 Å². The van der Waals surface area contributed by atoms with Crippen LogP contribution in [0.15, 0.2) is 54.6 Å². The second-order valence-corrected chi connectivity index (χ2v) is 7.61. The molecule has 0 spiro atoms. The smallest absolute Gasteiger partial charge is 0.119 e. The molecule has 2 fully saturated rings. The van der Waals surface area contributed by atoms with E-state index >= 15 is 0 Å². The number of benzene rings is 2. The zero-order valence-electron chi connectivity index (χ0n) is 14.8. The van der Waals surface area contributed by atoms with Crippen LogP contribution in [0.3, 0.4) is 0 Å². The Bertz CT molecular complexity index is 666. The maximum atomic E-state index is 6.06. The van der Waals surface area contributed by atoms with E-state index in [9.17, 15) is 0 Å². The Kier molecular flexibility index (Phi) is 5.04. The van der Waals surface area contributed by atoms with Crippen molar-refractivity contribution in [3.05, 3.63) is 65.7 Å². The van der Waals surface area contributed by atoms with Gasteiger partial charge in [-0.25, -0.2) is 0 Å². The average Bonchev–Trinajstić information content (AvgIpc) is 3.40. The molecule has 2 aromatic rings. The maximum absolute atomic E-state index is 6.06. The molecule has 3 nitrogen and oxygen atoms in total. The van der Waals surface area contributed by atoms with Crippen molar-refractivity contribution in [3.8, 4) is 5.75 Å². The number of likely N-dealkylation sites (tertiary alicyclic amines) is 1. The summed E-state index contributed by atoms with van der Waals surface area (Å²) in [6.45, 7) is 4.79. The van der Waals surface area contributed by atoms with Crippen LogP contribution in [0, 0.1) is 11.8 Å². The Morgan fingerprint density at radius 2 is 1.72 bits per heavy atom. The van der Waals surface area contributed by atoms with Gasteiger partial charge in [0, 0.05) is 25.6 Å². The third-order valence-corrected chi connectivity index (χ3v) is 5.56. The Labute approximate surface area is 150 Å². The predicted octanol–water partition coefficient (Wildman–Crippen LogP) is 3.65. The van der Waals surface area contributed by atoms with Crippen LogP contribution in [0.1, 0.15) is 29.9 Å². The standard InChI is InChI=1S/C22H28N2O/c23-12-20-14-24(15-22(20)19-4-2-1-3-5-19)13-17-8-10-21(11-9-17)25-16-18-6-7-18/h1-5,8-11,18,20,22H,6-7,12-16,23H2/t20-,22+/m1/s1. The quantitative estimate of drug-likeness (QED) is 0.839. The number of nitrogens with zero attached hydrogens (tertiary/aromatic N) is 1. The summed E-state index contributed by atoms with van der Waals surface area (Å²) in [5.74, 6) is 2.89. The molecule has 0 aromatic heterocycles. The van der Waals surface area contributed by atoms with Gasteiger partial charge in [-0.3, -0.25) is 4.90 Å². The van der Waals surface area contributed by atoms with E-state index in [0.29, 0.717) is 11.8 Å². The highest BCUT2D eigenvalue weighted by Crippen LogP contribution is 2.33. The number of hydrogen-bond acceptors (Lipinski definition) is 3. The first-order chi connectivity index (χ1) is 12.3. The summed E-state index contributed by atoms with van der Waals surface area (Å²) in [6.07, 6.45) is 2.66. The lowest BCUT2D eigenvalue weighted by atomic mass is 9.89. The summed E-state index contributed by atoms with van der Waals surface area (Å²) in [5, 5.41) is 0. The molecule has 2 N–H and O–H groups in total. The molecule has 0 bridgehead atoms. The minimum Gasteiger partial charge on any atom is -0.493 e. The van der Waals surface area contributed by atoms with Gasteiger partial charge < -0.3 is 10.5 Å². The number of rotatable bonds is 7. The van der Waals surface area contributed by atoms with Crippen molar-refractivity contribution < 1.29 is 4.74 Å². The van der Waals surface area contributed by atoms with E-state index in [4.69, 9.17) is 10.5 Å². The van der Waals surface area contributed by atoms with Crippen LogP contribution in [-0.2, 0) is 6.54 Å². The zero-order chi connectivity index (χ0) is 17.1. The molecular weight excluding hydrogens is 308 g/mol. The molecule has 1 aliphatic heterocycles. The Morgan fingerprint density at radius 3 is 2.40 bits per heavy atom. The SMILES string of the molecule is NC[C@@H]1CN(Cc2ccc(OCC3CC3)cc2)C[C@H]1c1ccccc1. The largest absolute Gasteiger partial charge is 0.493 e. The van der Waals surface area contributed by atoms with E-state index in [2.05, 4.69) is 59.5 Å². The van der Waals surface area contributed by atoms with E-state index in [-0.39, 0.29) is 0 Å². The lowest BCUT2D eigenvalue weighted by molar-refractivity contribution is 0.298. The van der Waals surface area contributed by atoms with Crippen LogP contribution in [-0.4, -0.2) is 31.1 Å². The molecule has 25 heavy (non-hydrogen) atoms. The van der Waals surface area contributed by atoms with Crippen LogP contribution in [0.5, 0.6) is 5.75 Å². The number of hydrogen-bond donors (Lipinski definition) is 1. The normalized spacial score (nSPS) is 23.7. The molecule has 3 heteroatoms. The Morgan fingerprint density at radius 1 is 0.960 bits per heavy atom.